The lowest BCUT2D eigenvalue weighted by atomic mass is 10.0. The fourth-order valence-corrected chi connectivity index (χ4v) is 2.79. The van der Waals surface area contributed by atoms with E-state index < -0.39 is 11.7 Å². The van der Waals surface area contributed by atoms with Gasteiger partial charge in [-0.25, -0.2) is 0 Å². The zero-order chi connectivity index (χ0) is 17.4. The van der Waals surface area contributed by atoms with Crippen LogP contribution in [0.3, 0.4) is 0 Å². The van der Waals surface area contributed by atoms with Gasteiger partial charge in [0.1, 0.15) is 5.75 Å². The maximum absolute atomic E-state index is 12.6. The average Bonchev–Trinajstić information content (AvgIpc) is 3.11. The molecule has 1 aromatic heterocycles. The van der Waals surface area contributed by atoms with Gasteiger partial charge in [-0.2, -0.15) is 18.2 Å². The van der Waals surface area contributed by atoms with Crippen molar-refractivity contribution in [1.82, 2.24) is 10.1 Å². The Morgan fingerprint density at radius 1 is 1.00 bits per heavy atom. The summed E-state index contributed by atoms with van der Waals surface area (Å²) in [4.78, 5) is 4.28. The topological polar surface area (TPSA) is 48.2 Å². The number of ether oxygens (including phenoxy) is 1. The van der Waals surface area contributed by atoms with Crippen molar-refractivity contribution in [3.63, 3.8) is 0 Å². The molecule has 0 amide bonds. The van der Waals surface area contributed by atoms with Gasteiger partial charge in [0.2, 0.25) is 5.82 Å². The smallest absolute Gasteiger partial charge is 0.416 e. The maximum atomic E-state index is 12.6. The molecule has 0 aliphatic carbocycles. The van der Waals surface area contributed by atoms with Gasteiger partial charge in [0.15, 0.2) is 6.10 Å². The molecular weight excluding hydrogens is 333 g/mol. The van der Waals surface area contributed by atoms with E-state index in [9.17, 15) is 13.2 Å². The van der Waals surface area contributed by atoms with E-state index in [2.05, 4.69) is 10.1 Å². The number of hydrogen-bond donors (Lipinski definition) is 0. The molecule has 25 heavy (non-hydrogen) atoms. The van der Waals surface area contributed by atoms with Gasteiger partial charge in [0, 0.05) is 5.56 Å². The quantitative estimate of drug-likeness (QED) is 0.667. The summed E-state index contributed by atoms with van der Waals surface area (Å²) in [6.45, 7) is 0. The van der Waals surface area contributed by atoms with Crippen LogP contribution in [0.25, 0.3) is 11.4 Å². The van der Waals surface area contributed by atoms with Crippen LogP contribution >= 0.6 is 0 Å². The average molecular weight is 346 g/mol. The predicted molar refractivity (Wildman–Crippen MR) is 82.9 cm³/mol. The molecule has 0 spiro atoms. The van der Waals surface area contributed by atoms with E-state index in [-0.39, 0.29) is 11.9 Å². The minimum atomic E-state index is -4.37. The molecule has 2 heterocycles. The molecule has 128 valence electrons. The summed E-state index contributed by atoms with van der Waals surface area (Å²) in [6, 6.07) is 12.4. The molecule has 0 bridgehead atoms. The standard InChI is InChI=1S/C18H13F3N2O2/c19-18(20,21)13-8-5-12(6-9-13)16-22-17(25-23-16)15-10-7-11-3-1-2-4-14(11)24-15/h1-6,8-9,15H,7,10H2/t15-/m0/s1. The third kappa shape index (κ3) is 3.09. The van der Waals surface area contributed by atoms with Gasteiger partial charge in [0.05, 0.1) is 5.56 Å². The van der Waals surface area contributed by atoms with Crippen LogP contribution in [0.15, 0.2) is 53.1 Å². The second-order valence-electron chi connectivity index (χ2n) is 5.78. The first-order valence-electron chi connectivity index (χ1n) is 7.76. The van der Waals surface area contributed by atoms with Crippen LogP contribution in [0.1, 0.15) is 29.5 Å². The number of hydrogen-bond acceptors (Lipinski definition) is 4. The van der Waals surface area contributed by atoms with Crippen LogP contribution in [-0.4, -0.2) is 10.1 Å². The van der Waals surface area contributed by atoms with E-state index in [0.29, 0.717) is 17.9 Å². The van der Waals surface area contributed by atoms with Crippen LogP contribution in [0.2, 0.25) is 0 Å². The van der Waals surface area contributed by atoms with Gasteiger partial charge >= 0.3 is 6.18 Å². The summed E-state index contributed by atoms with van der Waals surface area (Å²) in [7, 11) is 0. The van der Waals surface area contributed by atoms with Crippen LogP contribution < -0.4 is 4.74 Å². The second kappa shape index (κ2) is 5.91. The Hall–Kier alpha value is -2.83. The molecule has 4 rings (SSSR count). The maximum Gasteiger partial charge on any atom is 0.416 e. The Labute approximate surface area is 141 Å². The fourth-order valence-electron chi connectivity index (χ4n) is 2.79. The van der Waals surface area contributed by atoms with Gasteiger partial charge in [-0.3, -0.25) is 0 Å². The van der Waals surface area contributed by atoms with E-state index >= 15 is 0 Å². The lowest BCUT2D eigenvalue weighted by molar-refractivity contribution is -0.137. The van der Waals surface area contributed by atoms with E-state index in [1.807, 2.05) is 24.3 Å². The van der Waals surface area contributed by atoms with Gasteiger partial charge < -0.3 is 9.26 Å². The van der Waals surface area contributed by atoms with Crippen molar-refractivity contribution in [2.45, 2.75) is 25.1 Å². The van der Waals surface area contributed by atoms with Gasteiger partial charge in [-0.05, 0) is 36.6 Å². The highest BCUT2D eigenvalue weighted by atomic mass is 19.4. The molecule has 1 atom stereocenters. The first-order valence-corrected chi connectivity index (χ1v) is 7.76. The summed E-state index contributed by atoms with van der Waals surface area (Å²) >= 11 is 0. The van der Waals surface area contributed by atoms with E-state index in [4.69, 9.17) is 9.26 Å². The molecule has 1 aliphatic rings. The number of benzene rings is 2. The van der Waals surface area contributed by atoms with E-state index in [0.717, 1.165) is 29.9 Å². The number of alkyl halides is 3. The number of aryl methyl sites for hydroxylation is 1. The Bertz CT molecular complexity index is 888. The number of aromatic nitrogens is 2. The van der Waals surface area contributed by atoms with Crippen LogP contribution in [0.4, 0.5) is 13.2 Å². The van der Waals surface area contributed by atoms with Crippen molar-refractivity contribution in [2.24, 2.45) is 0 Å². The van der Waals surface area contributed by atoms with Crippen LogP contribution in [0, 0.1) is 0 Å². The monoisotopic (exact) mass is 346 g/mol. The molecule has 7 heteroatoms. The molecule has 3 aromatic rings. The zero-order valence-corrected chi connectivity index (χ0v) is 13.0. The van der Waals surface area contributed by atoms with Crippen LogP contribution in [0.5, 0.6) is 5.75 Å². The molecule has 4 nitrogen and oxygen atoms in total. The Kier molecular flexibility index (Phi) is 3.71. The highest BCUT2D eigenvalue weighted by molar-refractivity contribution is 5.55. The minimum Gasteiger partial charge on any atom is -0.480 e. The summed E-state index contributed by atoms with van der Waals surface area (Å²) in [5, 5.41) is 3.86. The molecule has 0 saturated carbocycles. The highest BCUT2D eigenvalue weighted by Gasteiger charge is 2.30. The zero-order valence-electron chi connectivity index (χ0n) is 13.0. The van der Waals surface area contributed by atoms with Crippen molar-refractivity contribution in [2.75, 3.05) is 0 Å². The third-order valence-corrected chi connectivity index (χ3v) is 4.11. The SMILES string of the molecule is FC(F)(F)c1ccc(-c2noc([C@@H]3CCc4ccccc4O3)n2)cc1. The molecule has 2 aromatic carbocycles. The largest absolute Gasteiger partial charge is 0.480 e. The summed E-state index contributed by atoms with van der Waals surface area (Å²) in [5.41, 5.74) is 0.868. The van der Waals surface area contributed by atoms with Gasteiger partial charge in [-0.15, -0.1) is 0 Å². The molecule has 0 radical (unpaired) electrons. The second-order valence-corrected chi connectivity index (χ2v) is 5.78. The third-order valence-electron chi connectivity index (χ3n) is 4.11. The summed E-state index contributed by atoms with van der Waals surface area (Å²) in [5.74, 6) is 1.35. The number of nitrogens with zero attached hydrogens (tertiary/aromatic N) is 2. The molecule has 1 aliphatic heterocycles. The van der Waals surface area contributed by atoms with E-state index in [1.54, 1.807) is 0 Å². The first kappa shape index (κ1) is 15.7. The number of halogens is 3. The molecule has 0 saturated heterocycles. The van der Waals surface area contributed by atoms with Gasteiger partial charge in [-0.1, -0.05) is 35.5 Å². The molecule has 0 N–H and O–H groups in total. The van der Waals surface area contributed by atoms with Crippen molar-refractivity contribution in [3.8, 4) is 17.1 Å². The molecule has 0 unspecified atom stereocenters. The van der Waals surface area contributed by atoms with Gasteiger partial charge in [0.25, 0.3) is 5.89 Å². The van der Waals surface area contributed by atoms with E-state index in [1.165, 1.54) is 12.1 Å². The number of para-hydroxylation sites is 1. The fraction of sp³-hybridized carbons (Fsp3) is 0.222. The van der Waals surface area contributed by atoms with Crippen molar-refractivity contribution < 1.29 is 22.4 Å². The molecule has 0 fully saturated rings. The lowest BCUT2D eigenvalue weighted by Crippen LogP contribution is -2.15. The number of fused-ring (bicyclic) bond motifs is 1. The highest BCUT2D eigenvalue weighted by Crippen LogP contribution is 2.35. The first-order chi connectivity index (χ1) is 12.0. The van der Waals surface area contributed by atoms with Crippen LogP contribution in [-0.2, 0) is 12.6 Å². The Morgan fingerprint density at radius 3 is 2.52 bits per heavy atom. The Morgan fingerprint density at radius 2 is 1.76 bits per heavy atom. The minimum absolute atomic E-state index is 0.242. The number of rotatable bonds is 2. The summed E-state index contributed by atoms with van der Waals surface area (Å²) < 4.78 is 49.0. The predicted octanol–water partition coefficient (Wildman–Crippen LogP) is 4.82. The van der Waals surface area contributed by atoms with Crippen molar-refractivity contribution >= 4 is 0 Å². The summed E-state index contributed by atoms with van der Waals surface area (Å²) in [6.07, 6.45) is -3.19. The van der Waals surface area contributed by atoms with Crippen molar-refractivity contribution in [1.29, 1.82) is 0 Å². The Balaban J connectivity index is 1.55. The lowest BCUT2D eigenvalue weighted by Gasteiger charge is -2.23. The molecular formula is C18H13F3N2O2. The van der Waals surface area contributed by atoms with Crippen molar-refractivity contribution in [3.05, 3.63) is 65.5 Å². The normalized spacial score (nSPS) is 17.0.